The molecule has 1 unspecified atom stereocenters. The van der Waals surface area contributed by atoms with Gasteiger partial charge in [-0.2, -0.15) is 0 Å². The topological polar surface area (TPSA) is 55.4 Å². The van der Waals surface area contributed by atoms with Gasteiger partial charge in [0.2, 0.25) is 0 Å². The lowest BCUT2D eigenvalue weighted by Crippen LogP contribution is -2.35. The second-order valence-electron chi connectivity index (χ2n) is 6.60. The van der Waals surface area contributed by atoms with Crippen LogP contribution >= 0.6 is 0 Å². The molecule has 0 aromatic heterocycles. The van der Waals surface area contributed by atoms with Gasteiger partial charge < -0.3 is 10.1 Å². The molecular weight excluding hydrogens is 302 g/mol. The summed E-state index contributed by atoms with van der Waals surface area (Å²) in [4.78, 5) is 24.6. The van der Waals surface area contributed by atoms with E-state index in [0.717, 1.165) is 5.56 Å². The summed E-state index contributed by atoms with van der Waals surface area (Å²) in [5, 5.41) is 2.81. The van der Waals surface area contributed by atoms with E-state index in [-0.39, 0.29) is 12.2 Å². The van der Waals surface area contributed by atoms with E-state index >= 15 is 0 Å². The average Bonchev–Trinajstić information content (AvgIpc) is 2.54. The molecule has 1 N–H and O–H groups in total. The molecule has 2 aromatic carbocycles. The highest BCUT2D eigenvalue weighted by Crippen LogP contribution is 2.20. The molecule has 2 rings (SSSR count). The zero-order valence-electron chi connectivity index (χ0n) is 14.3. The Bertz CT molecular complexity index is 675. The van der Waals surface area contributed by atoms with Crippen molar-refractivity contribution < 1.29 is 14.3 Å². The molecule has 2 aromatic rings. The quantitative estimate of drug-likeness (QED) is 0.822. The van der Waals surface area contributed by atoms with Crippen molar-refractivity contribution in [3.05, 3.63) is 71.8 Å². The number of nitrogens with one attached hydrogen (secondary N) is 1. The van der Waals surface area contributed by atoms with Crippen LogP contribution in [0.1, 0.15) is 49.2 Å². The van der Waals surface area contributed by atoms with E-state index in [1.807, 2.05) is 48.5 Å². The number of hydrogen-bond acceptors (Lipinski definition) is 3. The Hall–Kier alpha value is -2.62. The first-order chi connectivity index (χ1) is 11.3. The van der Waals surface area contributed by atoms with Gasteiger partial charge in [-0.15, -0.1) is 0 Å². The van der Waals surface area contributed by atoms with Crippen molar-refractivity contribution in [3.8, 4) is 0 Å². The molecule has 0 aliphatic carbocycles. The number of rotatable bonds is 5. The lowest BCUT2D eigenvalue weighted by Gasteiger charge is -2.23. The van der Waals surface area contributed by atoms with Crippen molar-refractivity contribution in [2.45, 2.75) is 38.8 Å². The number of carbonyl (C=O) groups is 2. The molecule has 0 heterocycles. The highest BCUT2D eigenvalue weighted by molar-refractivity contribution is 5.96. The van der Waals surface area contributed by atoms with Crippen LogP contribution in [0, 0.1) is 0 Å². The van der Waals surface area contributed by atoms with Crippen molar-refractivity contribution in [3.63, 3.8) is 0 Å². The van der Waals surface area contributed by atoms with Crippen LogP contribution in [0.2, 0.25) is 0 Å². The number of Topliss-reactive ketones (excluding diaryl/α,β-unsaturated/α-hetero) is 1. The number of amides is 1. The maximum atomic E-state index is 12.5. The van der Waals surface area contributed by atoms with Gasteiger partial charge in [0.05, 0.1) is 6.04 Å². The third-order valence-corrected chi connectivity index (χ3v) is 3.38. The standard InChI is InChI=1S/C20H23NO3/c1-20(2,3)24-19(23)21-17(15-10-6-4-7-11-15)14-18(22)16-12-8-5-9-13-16/h4-13,17H,14H2,1-3H3,(H,21,23). The zero-order valence-corrected chi connectivity index (χ0v) is 14.3. The van der Waals surface area contributed by atoms with Gasteiger partial charge in [-0.05, 0) is 26.3 Å². The summed E-state index contributed by atoms with van der Waals surface area (Å²) >= 11 is 0. The van der Waals surface area contributed by atoms with Crippen LogP contribution in [0.25, 0.3) is 0 Å². The van der Waals surface area contributed by atoms with Gasteiger partial charge in [-0.1, -0.05) is 60.7 Å². The minimum absolute atomic E-state index is 0.0273. The van der Waals surface area contributed by atoms with Crippen LogP contribution in [-0.4, -0.2) is 17.5 Å². The van der Waals surface area contributed by atoms with Crippen LogP contribution in [0.3, 0.4) is 0 Å². The van der Waals surface area contributed by atoms with Gasteiger partial charge in [0.1, 0.15) is 5.60 Å². The first-order valence-corrected chi connectivity index (χ1v) is 7.98. The van der Waals surface area contributed by atoms with Crippen LogP contribution in [0.15, 0.2) is 60.7 Å². The first-order valence-electron chi connectivity index (χ1n) is 7.98. The molecule has 126 valence electrons. The molecule has 0 bridgehead atoms. The van der Waals surface area contributed by atoms with Gasteiger partial charge >= 0.3 is 6.09 Å². The SMILES string of the molecule is CC(C)(C)OC(=O)NC(CC(=O)c1ccccc1)c1ccccc1. The summed E-state index contributed by atoms with van der Waals surface area (Å²) in [5.74, 6) is -0.0273. The Kier molecular flexibility index (Phi) is 5.74. The number of ketones is 1. The van der Waals surface area contributed by atoms with Crippen molar-refractivity contribution in [1.29, 1.82) is 0 Å². The molecule has 24 heavy (non-hydrogen) atoms. The Labute approximate surface area is 142 Å². The van der Waals surface area contributed by atoms with E-state index in [4.69, 9.17) is 4.74 Å². The van der Waals surface area contributed by atoms with E-state index in [0.29, 0.717) is 5.56 Å². The van der Waals surface area contributed by atoms with E-state index < -0.39 is 17.7 Å². The molecule has 0 aliphatic heterocycles. The molecule has 4 nitrogen and oxygen atoms in total. The van der Waals surface area contributed by atoms with Gasteiger partial charge in [0.15, 0.2) is 5.78 Å². The predicted octanol–water partition coefficient (Wildman–Crippen LogP) is 4.53. The minimum atomic E-state index is -0.589. The van der Waals surface area contributed by atoms with Crippen molar-refractivity contribution in [2.24, 2.45) is 0 Å². The van der Waals surface area contributed by atoms with E-state index in [2.05, 4.69) is 5.32 Å². The molecular formula is C20H23NO3. The summed E-state index contributed by atoms with van der Waals surface area (Å²) in [5.41, 5.74) is 0.909. The maximum Gasteiger partial charge on any atom is 0.408 e. The summed E-state index contributed by atoms with van der Waals surface area (Å²) < 4.78 is 5.32. The third-order valence-electron chi connectivity index (χ3n) is 3.38. The predicted molar refractivity (Wildman–Crippen MR) is 93.9 cm³/mol. The highest BCUT2D eigenvalue weighted by Gasteiger charge is 2.22. The average molecular weight is 325 g/mol. The smallest absolute Gasteiger partial charge is 0.408 e. The fourth-order valence-corrected chi connectivity index (χ4v) is 2.31. The monoisotopic (exact) mass is 325 g/mol. The number of hydrogen-bond donors (Lipinski definition) is 1. The Balaban J connectivity index is 2.15. The molecule has 0 spiro atoms. The van der Waals surface area contributed by atoms with Crippen molar-refractivity contribution in [2.75, 3.05) is 0 Å². The van der Waals surface area contributed by atoms with Crippen LogP contribution < -0.4 is 5.32 Å². The van der Waals surface area contributed by atoms with Crippen molar-refractivity contribution in [1.82, 2.24) is 5.32 Å². The van der Waals surface area contributed by atoms with Gasteiger partial charge in [-0.3, -0.25) is 4.79 Å². The number of benzene rings is 2. The minimum Gasteiger partial charge on any atom is -0.444 e. The molecule has 0 radical (unpaired) electrons. The summed E-state index contributed by atoms with van der Waals surface area (Å²) in [6.45, 7) is 5.41. The van der Waals surface area contributed by atoms with E-state index in [1.165, 1.54) is 0 Å². The fraction of sp³-hybridized carbons (Fsp3) is 0.300. The third kappa shape index (κ3) is 5.54. The molecule has 0 fully saturated rings. The van der Waals surface area contributed by atoms with Crippen LogP contribution in [0.4, 0.5) is 4.79 Å². The fourth-order valence-electron chi connectivity index (χ4n) is 2.31. The maximum absolute atomic E-state index is 12.5. The summed E-state index contributed by atoms with van der Waals surface area (Å²) in [6.07, 6.45) is -0.356. The van der Waals surface area contributed by atoms with Crippen LogP contribution in [-0.2, 0) is 4.74 Å². The largest absolute Gasteiger partial charge is 0.444 e. The molecule has 4 heteroatoms. The molecule has 0 saturated carbocycles. The van der Waals surface area contributed by atoms with Gasteiger partial charge in [-0.25, -0.2) is 4.79 Å². The van der Waals surface area contributed by atoms with E-state index in [9.17, 15) is 9.59 Å². The summed E-state index contributed by atoms with van der Waals surface area (Å²) in [6, 6.07) is 18.1. The highest BCUT2D eigenvalue weighted by atomic mass is 16.6. The molecule has 1 atom stereocenters. The number of carbonyl (C=O) groups excluding carboxylic acids is 2. The Morgan fingerprint density at radius 2 is 1.50 bits per heavy atom. The molecule has 1 amide bonds. The molecule has 0 saturated heterocycles. The lowest BCUT2D eigenvalue weighted by molar-refractivity contribution is 0.0501. The number of ether oxygens (including phenoxy) is 1. The van der Waals surface area contributed by atoms with E-state index in [1.54, 1.807) is 32.9 Å². The second-order valence-corrected chi connectivity index (χ2v) is 6.60. The first kappa shape index (κ1) is 17.7. The van der Waals surface area contributed by atoms with Gasteiger partial charge in [0, 0.05) is 12.0 Å². The van der Waals surface area contributed by atoms with Crippen molar-refractivity contribution >= 4 is 11.9 Å². The molecule has 0 aliphatic rings. The van der Waals surface area contributed by atoms with Crippen LogP contribution in [0.5, 0.6) is 0 Å². The Morgan fingerprint density at radius 1 is 0.958 bits per heavy atom. The Morgan fingerprint density at radius 3 is 2.04 bits per heavy atom. The lowest BCUT2D eigenvalue weighted by atomic mass is 9.98. The normalized spacial score (nSPS) is 12.3. The second kappa shape index (κ2) is 7.77. The summed E-state index contributed by atoms with van der Waals surface area (Å²) in [7, 11) is 0. The number of alkyl carbamates (subject to hydrolysis) is 1. The zero-order chi connectivity index (χ0) is 17.6. The van der Waals surface area contributed by atoms with Gasteiger partial charge in [0.25, 0.3) is 0 Å².